The molecule has 2 fully saturated rings. The second kappa shape index (κ2) is 8.24. The monoisotopic (exact) mass is 418 g/mol. The van der Waals surface area contributed by atoms with Crippen molar-refractivity contribution in [3.63, 3.8) is 0 Å². The molecule has 30 heavy (non-hydrogen) atoms. The van der Waals surface area contributed by atoms with Crippen molar-refractivity contribution in [3.8, 4) is 11.3 Å². The van der Waals surface area contributed by atoms with Crippen LogP contribution in [0.2, 0.25) is 0 Å². The minimum absolute atomic E-state index is 0.171. The fourth-order valence-corrected chi connectivity index (χ4v) is 4.73. The van der Waals surface area contributed by atoms with Gasteiger partial charge in [-0.05, 0) is 37.3 Å². The van der Waals surface area contributed by atoms with Gasteiger partial charge in [0.15, 0.2) is 5.16 Å². The van der Waals surface area contributed by atoms with Crippen LogP contribution in [-0.2, 0) is 0 Å². The molecule has 5 rings (SSSR count). The standard InChI is InChI=1S/C23H26N6S/c1-15(16-6-4-3-5-7-16)26-21-10-17(8-9-24-21)20-12-22(28-23(27-20)30-2)29-14-18-11-19(29)13-25-18/h3-10,12,15,18-19,25H,11,13-14H2,1-2H3,(H,24,26)/t15?,18-,19-/m0/s1. The second-order valence-corrected chi connectivity index (χ2v) is 8.73. The van der Waals surface area contributed by atoms with Crippen LogP contribution in [0.15, 0.2) is 59.9 Å². The first-order chi connectivity index (χ1) is 14.7. The summed E-state index contributed by atoms with van der Waals surface area (Å²) in [7, 11) is 0. The van der Waals surface area contributed by atoms with E-state index in [0.717, 1.165) is 41.1 Å². The van der Waals surface area contributed by atoms with E-state index < -0.39 is 0 Å². The van der Waals surface area contributed by atoms with Crippen molar-refractivity contribution in [2.45, 2.75) is 36.6 Å². The smallest absolute Gasteiger partial charge is 0.189 e. The van der Waals surface area contributed by atoms with E-state index in [-0.39, 0.29) is 6.04 Å². The van der Waals surface area contributed by atoms with Crippen LogP contribution in [-0.4, -0.2) is 46.4 Å². The van der Waals surface area contributed by atoms with Gasteiger partial charge in [0.2, 0.25) is 0 Å². The molecule has 2 aromatic heterocycles. The quantitative estimate of drug-likeness (QED) is 0.464. The molecule has 3 aromatic rings. The number of hydrogen-bond donors (Lipinski definition) is 2. The van der Waals surface area contributed by atoms with Gasteiger partial charge in [0.25, 0.3) is 0 Å². The number of pyridine rings is 1. The SMILES string of the molecule is CSc1nc(-c2ccnc(NC(C)c3ccccc3)c2)cc(N2C[C@@H]3C[C@H]2CN3)n1. The summed E-state index contributed by atoms with van der Waals surface area (Å²) in [6.45, 7) is 4.21. The molecule has 0 aliphatic carbocycles. The van der Waals surface area contributed by atoms with E-state index in [1.807, 2.05) is 24.6 Å². The Balaban J connectivity index is 1.42. The summed E-state index contributed by atoms with van der Waals surface area (Å²) in [5.74, 6) is 1.88. The Morgan fingerprint density at radius 1 is 1.17 bits per heavy atom. The Labute approximate surface area is 181 Å². The highest BCUT2D eigenvalue weighted by atomic mass is 32.2. The molecule has 2 aliphatic rings. The van der Waals surface area contributed by atoms with Gasteiger partial charge in [-0.15, -0.1) is 0 Å². The lowest BCUT2D eigenvalue weighted by Gasteiger charge is -2.28. The fourth-order valence-electron chi connectivity index (χ4n) is 4.36. The molecule has 2 saturated heterocycles. The fraction of sp³-hybridized carbons (Fsp3) is 0.348. The number of piperazine rings is 1. The summed E-state index contributed by atoms with van der Waals surface area (Å²) in [5.41, 5.74) is 3.23. The van der Waals surface area contributed by atoms with Gasteiger partial charge in [-0.25, -0.2) is 15.0 Å². The number of fused-ring (bicyclic) bond motifs is 2. The third-order valence-corrected chi connectivity index (χ3v) is 6.49. The Hall–Kier alpha value is -2.64. The van der Waals surface area contributed by atoms with Crippen LogP contribution in [0, 0.1) is 0 Å². The molecule has 0 spiro atoms. The van der Waals surface area contributed by atoms with E-state index >= 15 is 0 Å². The van der Waals surface area contributed by atoms with Gasteiger partial charge in [-0.2, -0.15) is 0 Å². The number of nitrogens with zero attached hydrogens (tertiary/aromatic N) is 4. The molecule has 154 valence electrons. The zero-order valence-corrected chi connectivity index (χ0v) is 18.1. The van der Waals surface area contributed by atoms with Crippen molar-refractivity contribution in [3.05, 3.63) is 60.3 Å². The molecule has 0 radical (unpaired) electrons. The Bertz CT molecular complexity index is 1030. The van der Waals surface area contributed by atoms with E-state index in [1.54, 1.807) is 11.8 Å². The van der Waals surface area contributed by atoms with Crippen molar-refractivity contribution >= 4 is 23.4 Å². The minimum Gasteiger partial charge on any atom is -0.364 e. The molecule has 2 bridgehead atoms. The highest BCUT2D eigenvalue weighted by molar-refractivity contribution is 7.98. The highest BCUT2D eigenvalue weighted by Crippen LogP contribution is 2.32. The molecular formula is C23H26N6S. The lowest BCUT2D eigenvalue weighted by atomic mass is 10.1. The van der Waals surface area contributed by atoms with Gasteiger partial charge in [0, 0.05) is 49.0 Å². The summed E-state index contributed by atoms with van der Waals surface area (Å²) >= 11 is 1.59. The normalized spacial score (nSPS) is 21.1. The molecule has 4 heterocycles. The molecule has 1 unspecified atom stereocenters. The third-order valence-electron chi connectivity index (χ3n) is 5.95. The van der Waals surface area contributed by atoms with Crippen molar-refractivity contribution in [2.75, 3.05) is 29.6 Å². The summed E-state index contributed by atoms with van der Waals surface area (Å²) in [6, 6.07) is 17.9. The predicted octanol–water partition coefficient (Wildman–Crippen LogP) is 3.98. The molecule has 2 N–H and O–H groups in total. The minimum atomic E-state index is 0.171. The number of benzene rings is 1. The van der Waals surface area contributed by atoms with Gasteiger partial charge < -0.3 is 15.5 Å². The van der Waals surface area contributed by atoms with Gasteiger partial charge >= 0.3 is 0 Å². The zero-order chi connectivity index (χ0) is 20.5. The Morgan fingerprint density at radius 2 is 2.03 bits per heavy atom. The number of rotatable bonds is 6. The molecule has 6 nitrogen and oxygen atoms in total. The number of anilines is 2. The van der Waals surface area contributed by atoms with Crippen molar-refractivity contribution in [1.82, 2.24) is 20.3 Å². The Kier molecular flexibility index (Phi) is 5.31. The Morgan fingerprint density at radius 3 is 2.77 bits per heavy atom. The zero-order valence-electron chi connectivity index (χ0n) is 17.2. The maximum Gasteiger partial charge on any atom is 0.189 e. The maximum absolute atomic E-state index is 4.81. The first kappa shape index (κ1) is 19.3. The number of nitrogens with one attached hydrogen (secondary N) is 2. The van der Waals surface area contributed by atoms with Crippen LogP contribution in [0.1, 0.15) is 24.9 Å². The number of aromatic nitrogens is 3. The summed E-state index contributed by atoms with van der Waals surface area (Å²) in [4.78, 5) is 16.6. The van der Waals surface area contributed by atoms with E-state index in [0.29, 0.717) is 12.1 Å². The van der Waals surface area contributed by atoms with Crippen LogP contribution < -0.4 is 15.5 Å². The second-order valence-electron chi connectivity index (χ2n) is 7.95. The van der Waals surface area contributed by atoms with Gasteiger partial charge in [-0.1, -0.05) is 42.1 Å². The first-order valence-electron chi connectivity index (χ1n) is 10.4. The van der Waals surface area contributed by atoms with E-state index in [4.69, 9.17) is 9.97 Å². The molecule has 0 amide bonds. The number of hydrogen-bond acceptors (Lipinski definition) is 7. The maximum atomic E-state index is 4.81. The van der Waals surface area contributed by atoms with Crippen LogP contribution in [0.4, 0.5) is 11.6 Å². The largest absolute Gasteiger partial charge is 0.364 e. The molecular weight excluding hydrogens is 392 g/mol. The van der Waals surface area contributed by atoms with E-state index in [9.17, 15) is 0 Å². The molecule has 0 saturated carbocycles. The topological polar surface area (TPSA) is 66.0 Å². The lowest BCUT2D eigenvalue weighted by molar-refractivity contribution is 0.574. The van der Waals surface area contributed by atoms with Crippen LogP contribution >= 0.6 is 11.8 Å². The van der Waals surface area contributed by atoms with Crippen LogP contribution in [0.3, 0.4) is 0 Å². The first-order valence-corrected chi connectivity index (χ1v) is 11.6. The van der Waals surface area contributed by atoms with Crippen molar-refractivity contribution < 1.29 is 0 Å². The van der Waals surface area contributed by atoms with E-state index in [2.05, 4.69) is 63.8 Å². The predicted molar refractivity (Wildman–Crippen MR) is 123 cm³/mol. The molecule has 2 aliphatic heterocycles. The third kappa shape index (κ3) is 3.87. The summed E-state index contributed by atoms with van der Waals surface area (Å²) in [5, 5.41) is 7.88. The lowest BCUT2D eigenvalue weighted by Crippen LogP contribution is -2.44. The molecule has 7 heteroatoms. The average molecular weight is 419 g/mol. The van der Waals surface area contributed by atoms with Gasteiger partial charge in [-0.3, -0.25) is 0 Å². The summed E-state index contributed by atoms with van der Waals surface area (Å²) < 4.78 is 0. The van der Waals surface area contributed by atoms with Crippen molar-refractivity contribution in [2.24, 2.45) is 0 Å². The van der Waals surface area contributed by atoms with Crippen LogP contribution in [0.25, 0.3) is 11.3 Å². The summed E-state index contributed by atoms with van der Waals surface area (Å²) in [6.07, 6.45) is 5.08. The van der Waals surface area contributed by atoms with E-state index in [1.165, 1.54) is 12.0 Å². The average Bonchev–Trinajstić information content (AvgIpc) is 3.43. The van der Waals surface area contributed by atoms with Gasteiger partial charge in [0.05, 0.1) is 5.69 Å². The highest BCUT2D eigenvalue weighted by Gasteiger charge is 2.38. The molecule has 1 aromatic carbocycles. The number of thioether (sulfide) groups is 1. The molecule has 3 atom stereocenters. The van der Waals surface area contributed by atoms with Gasteiger partial charge in [0.1, 0.15) is 11.6 Å². The van der Waals surface area contributed by atoms with Crippen LogP contribution in [0.5, 0.6) is 0 Å². The van der Waals surface area contributed by atoms with Crippen molar-refractivity contribution in [1.29, 1.82) is 0 Å².